The number of nitrogens with one attached hydrogen (secondary N) is 1. The summed E-state index contributed by atoms with van der Waals surface area (Å²) in [4.78, 5) is 0. The van der Waals surface area contributed by atoms with E-state index >= 15 is 0 Å². The molecule has 0 aromatic heterocycles. The molecule has 0 fully saturated rings. The lowest BCUT2D eigenvalue weighted by Gasteiger charge is -2.14. The van der Waals surface area contributed by atoms with E-state index in [1.807, 2.05) is 0 Å². The van der Waals surface area contributed by atoms with Crippen molar-refractivity contribution in [3.05, 3.63) is 28.8 Å². The zero-order valence-corrected chi connectivity index (χ0v) is 10.9. The van der Waals surface area contributed by atoms with E-state index in [1.54, 1.807) is 0 Å². The molecule has 0 bridgehead atoms. The molecule has 90 valence electrons. The van der Waals surface area contributed by atoms with Crippen LogP contribution in [0.25, 0.3) is 0 Å². The van der Waals surface area contributed by atoms with Crippen LogP contribution >= 0.6 is 0 Å². The molecule has 0 saturated heterocycles. The quantitative estimate of drug-likeness (QED) is 0.800. The predicted molar refractivity (Wildman–Crippen MR) is 72.0 cm³/mol. The Labute approximate surface area is 99.2 Å². The normalized spacial score (nSPS) is 12.6. The van der Waals surface area contributed by atoms with E-state index in [0.29, 0.717) is 5.92 Å². The Morgan fingerprint density at radius 3 is 2.38 bits per heavy atom. The SMILES string of the molecule is Cc1cc(C)c(NCCC(C)CN)cc1C. The molecular weight excluding hydrogens is 196 g/mol. The van der Waals surface area contributed by atoms with E-state index in [-0.39, 0.29) is 0 Å². The van der Waals surface area contributed by atoms with Gasteiger partial charge >= 0.3 is 0 Å². The van der Waals surface area contributed by atoms with Gasteiger partial charge in [-0.25, -0.2) is 0 Å². The smallest absolute Gasteiger partial charge is 0.0372 e. The third-order valence-electron chi connectivity index (χ3n) is 3.20. The standard InChI is InChI=1S/C14H24N2/c1-10(9-15)5-6-16-14-8-12(3)11(2)7-13(14)4/h7-8,10,16H,5-6,9,15H2,1-4H3. The third-order valence-corrected chi connectivity index (χ3v) is 3.20. The maximum absolute atomic E-state index is 5.60. The second kappa shape index (κ2) is 5.90. The van der Waals surface area contributed by atoms with Gasteiger partial charge in [-0.1, -0.05) is 13.0 Å². The summed E-state index contributed by atoms with van der Waals surface area (Å²) in [6.45, 7) is 10.4. The first-order valence-corrected chi connectivity index (χ1v) is 6.06. The van der Waals surface area contributed by atoms with Crippen molar-refractivity contribution in [3.63, 3.8) is 0 Å². The van der Waals surface area contributed by atoms with Crippen LogP contribution in [-0.2, 0) is 0 Å². The summed E-state index contributed by atoms with van der Waals surface area (Å²) < 4.78 is 0. The van der Waals surface area contributed by atoms with Crippen LogP contribution in [0, 0.1) is 26.7 Å². The summed E-state index contributed by atoms with van der Waals surface area (Å²) in [7, 11) is 0. The monoisotopic (exact) mass is 220 g/mol. The molecule has 0 radical (unpaired) electrons. The fraction of sp³-hybridized carbons (Fsp3) is 0.571. The van der Waals surface area contributed by atoms with Gasteiger partial charge in [-0.2, -0.15) is 0 Å². The van der Waals surface area contributed by atoms with Crippen LogP contribution in [-0.4, -0.2) is 13.1 Å². The van der Waals surface area contributed by atoms with Crippen LogP contribution in [0.5, 0.6) is 0 Å². The van der Waals surface area contributed by atoms with Crippen molar-refractivity contribution in [3.8, 4) is 0 Å². The number of anilines is 1. The number of benzene rings is 1. The summed E-state index contributed by atoms with van der Waals surface area (Å²) >= 11 is 0. The van der Waals surface area contributed by atoms with Gasteiger partial charge in [0.1, 0.15) is 0 Å². The van der Waals surface area contributed by atoms with Crippen molar-refractivity contribution >= 4 is 5.69 Å². The van der Waals surface area contributed by atoms with E-state index in [4.69, 9.17) is 5.73 Å². The lowest BCUT2D eigenvalue weighted by atomic mass is 10.0. The van der Waals surface area contributed by atoms with E-state index in [2.05, 4.69) is 45.1 Å². The van der Waals surface area contributed by atoms with Gasteiger partial charge < -0.3 is 11.1 Å². The first kappa shape index (κ1) is 13.0. The van der Waals surface area contributed by atoms with Gasteiger partial charge in [0, 0.05) is 12.2 Å². The number of nitrogens with two attached hydrogens (primary N) is 1. The fourth-order valence-corrected chi connectivity index (χ4v) is 1.72. The molecule has 0 amide bonds. The minimum absolute atomic E-state index is 0.597. The van der Waals surface area contributed by atoms with Gasteiger partial charge in [-0.05, 0) is 62.4 Å². The van der Waals surface area contributed by atoms with Gasteiger partial charge in [0.2, 0.25) is 0 Å². The Morgan fingerprint density at radius 1 is 1.12 bits per heavy atom. The predicted octanol–water partition coefficient (Wildman–Crippen LogP) is 3.01. The van der Waals surface area contributed by atoms with E-state index in [0.717, 1.165) is 19.5 Å². The molecule has 0 aliphatic carbocycles. The zero-order valence-electron chi connectivity index (χ0n) is 10.9. The second-order valence-electron chi connectivity index (χ2n) is 4.81. The molecule has 2 nitrogen and oxygen atoms in total. The summed E-state index contributed by atoms with van der Waals surface area (Å²) in [5.41, 5.74) is 10.9. The first-order chi connectivity index (χ1) is 7.54. The lowest BCUT2D eigenvalue weighted by molar-refractivity contribution is 0.561. The Morgan fingerprint density at radius 2 is 1.75 bits per heavy atom. The highest BCUT2D eigenvalue weighted by Crippen LogP contribution is 2.20. The summed E-state index contributed by atoms with van der Waals surface area (Å²) in [5.74, 6) is 0.597. The average molecular weight is 220 g/mol. The molecule has 0 aliphatic heterocycles. The summed E-state index contributed by atoms with van der Waals surface area (Å²) in [6, 6.07) is 4.47. The van der Waals surface area contributed by atoms with Gasteiger partial charge in [-0.15, -0.1) is 0 Å². The topological polar surface area (TPSA) is 38.0 Å². The van der Waals surface area contributed by atoms with Crippen molar-refractivity contribution in [2.75, 3.05) is 18.4 Å². The highest BCUT2D eigenvalue weighted by molar-refractivity contribution is 5.54. The highest BCUT2D eigenvalue weighted by Gasteiger charge is 2.02. The molecule has 1 atom stereocenters. The molecule has 0 saturated carbocycles. The van der Waals surface area contributed by atoms with Crippen LogP contribution < -0.4 is 11.1 Å². The van der Waals surface area contributed by atoms with Gasteiger partial charge in [-0.3, -0.25) is 0 Å². The van der Waals surface area contributed by atoms with E-state index in [9.17, 15) is 0 Å². The van der Waals surface area contributed by atoms with E-state index in [1.165, 1.54) is 22.4 Å². The Balaban J connectivity index is 2.57. The molecule has 1 rings (SSSR count). The number of rotatable bonds is 5. The lowest BCUT2D eigenvalue weighted by Crippen LogP contribution is -2.15. The fourth-order valence-electron chi connectivity index (χ4n) is 1.72. The largest absolute Gasteiger partial charge is 0.385 e. The Kier molecular flexibility index (Phi) is 4.81. The molecular formula is C14H24N2. The second-order valence-corrected chi connectivity index (χ2v) is 4.81. The molecule has 0 aliphatic rings. The van der Waals surface area contributed by atoms with Crippen LogP contribution in [0.15, 0.2) is 12.1 Å². The zero-order chi connectivity index (χ0) is 12.1. The van der Waals surface area contributed by atoms with Crippen molar-refractivity contribution in [2.45, 2.75) is 34.1 Å². The molecule has 1 aromatic rings. The van der Waals surface area contributed by atoms with Crippen LogP contribution in [0.1, 0.15) is 30.0 Å². The molecule has 16 heavy (non-hydrogen) atoms. The van der Waals surface area contributed by atoms with Crippen LogP contribution in [0.4, 0.5) is 5.69 Å². The van der Waals surface area contributed by atoms with Crippen LogP contribution in [0.3, 0.4) is 0 Å². The van der Waals surface area contributed by atoms with Gasteiger partial charge in [0.05, 0.1) is 0 Å². The molecule has 2 heteroatoms. The molecule has 0 spiro atoms. The number of aryl methyl sites for hydroxylation is 3. The van der Waals surface area contributed by atoms with Crippen molar-refractivity contribution in [1.82, 2.24) is 0 Å². The van der Waals surface area contributed by atoms with Gasteiger partial charge in [0.25, 0.3) is 0 Å². The first-order valence-electron chi connectivity index (χ1n) is 6.06. The molecule has 1 aromatic carbocycles. The Hall–Kier alpha value is -1.02. The minimum Gasteiger partial charge on any atom is -0.385 e. The maximum atomic E-state index is 5.60. The summed E-state index contributed by atoms with van der Waals surface area (Å²) in [5, 5.41) is 3.49. The molecule has 0 heterocycles. The van der Waals surface area contributed by atoms with Crippen molar-refractivity contribution < 1.29 is 0 Å². The Bertz CT molecular complexity index is 345. The molecule has 3 N–H and O–H groups in total. The number of hydrogen-bond acceptors (Lipinski definition) is 2. The van der Waals surface area contributed by atoms with Crippen molar-refractivity contribution in [2.24, 2.45) is 11.7 Å². The van der Waals surface area contributed by atoms with Crippen molar-refractivity contribution in [1.29, 1.82) is 0 Å². The average Bonchev–Trinajstić information content (AvgIpc) is 2.25. The van der Waals surface area contributed by atoms with E-state index < -0.39 is 0 Å². The summed E-state index contributed by atoms with van der Waals surface area (Å²) in [6.07, 6.45) is 1.13. The molecule has 1 unspecified atom stereocenters. The minimum atomic E-state index is 0.597. The highest BCUT2D eigenvalue weighted by atomic mass is 14.9. The maximum Gasteiger partial charge on any atom is 0.0372 e. The van der Waals surface area contributed by atoms with Crippen LogP contribution in [0.2, 0.25) is 0 Å². The third kappa shape index (κ3) is 3.53. The number of hydrogen-bond donors (Lipinski definition) is 2. The van der Waals surface area contributed by atoms with Gasteiger partial charge in [0.15, 0.2) is 0 Å².